The number of nitrogens with two attached hydrogens (primary N) is 1. The molecule has 84 valence electrons. The highest BCUT2D eigenvalue weighted by molar-refractivity contribution is 9.10. The predicted molar refractivity (Wildman–Crippen MR) is 69.4 cm³/mol. The first-order valence-corrected chi connectivity index (χ1v) is 5.30. The van der Waals surface area contributed by atoms with Gasteiger partial charge in [-0.3, -0.25) is 0 Å². The molecule has 0 radical (unpaired) electrons. The summed E-state index contributed by atoms with van der Waals surface area (Å²) in [7, 11) is 0. The summed E-state index contributed by atoms with van der Waals surface area (Å²) in [6.45, 7) is 3.64. The van der Waals surface area contributed by atoms with Crippen molar-refractivity contribution in [1.82, 2.24) is 0 Å². The van der Waals surface area contributed by atoms with Gasteiger partial charge in [0.1, 0.15) is 5.75 Å². The van der Waals surface area contributed by atoms with Crippen LogP contribution in [0.3, 0.4) is 0 Å². The molecule has 0 heterocycles. The van der Waals surface area contributed by atoms with Gasteiger partial charge in [-0.15, -0.1) is 19.0 Å². The van der Waals surface area contributed by atoms with Gasteiger partial charge in [0.25, 0.3) is 0 Å². The number of halogens is 2. The fourth-order valence-corrected chi connectivity index (χ4v) is 1.67. The van der Waals surface area contributed by atoms with Crippen molar-refractivity contribution in [2.24, 2.45) is 5.73 Å². The average molecular weight is 293 g/mol. The predicted octanol–water partition coefficient (Wildman–Crippen LogP) is 3.54. The molecule has 1 atom stereocenters. The third kappa shape index (κ3) is 3.86. The largest absolute Gasteiger partial charge is 0.506 e. The van der Waals surface area contributed by atoms with Crippen LogP contribution < -0.4 is 5.73 Å². The molecule has 0 bridgehead atoms. The zero-order valence-corrected chi connectivity index (χ0v) is 10.7. The summed E-state index contributed by atoms with van der Waals surface area (Å²) in [6.07, 6.45) is 3.48. The van der Waals surface area contributed by atoms with Crippen LogP contribution in [0.2, 0.25) is 0 Å². The summed E-state index contributed by atoms with van der Waals surface area (Å²) in [5.41, 5.74) is 6.70. The number of hydrogen-bond acceptors (Lipinski definition) is 2. The Hall–Kier alpha value is -0.510. The minimum absolute atomic E-state index is 0. The van der Waals surface area contributed by atoms with Crippen LogP contribution in [0.25, 0.3) is 0 Å². The summed E-state index contributed by atoms with van der Waals surface area (Å²) in [6, 6.07) is 5.37. The Bertz CT molecular complexity index is 330. The van der Waals surface area contributed by atoms with Crippen molar-refractivity contribution in [3.63, 3.8) is 0 Å². The molecule has 1 aromatic carbocycles. The first-order valence-electron chi connectivity index (χ1n) is 4.50. The summed E-state index contributed by atoms with van der Waals surface area (Å²) >= 11 is 3.26. The molecule has 3 N–H and O–H groups in total. The van der Waals surface area contributed by atoms with E-state index >= 15 is 0 Å². The third-order valence-electron chi connectivity index (χ3n) is 2.10. The molecule has 15 heavy (non-hydrogen) atoms. The van der Waals surface area contributed by atoms with Gasteiger partial charge in [0.2, 0.25) is 0 Å². The van der Waals surface area contributed by atoms with Gasteiger partial charge in [0.15, 0.2) is 0 Å². The van der Waals surface area contributed by atoms with E-state index in [4.69, 9.17) is 5.73 Å². The van der Waals surface area contributed by atoms with E-state index in [9.17, 15) is 5.11 Å². The molecule has 0 aliphatic carbocycles. The molecule has 0 amide bonds. The number of phenolic OH excluding ortho intramolecular Hbond substituents is 1. The van der Waals surface area contributed by atoms with Gasteiger partial charge in [0, 0.05) is 11.6 Å². The number of aromatic hydroxyl groups is 1. The maximum Gasteiger partial charge on any atom is 0.134 e. The van der Waals surface area contributed by atoms with Crippen LogP contribution in [-0.4, -0.2) is 5.11 Å². The fourth-order valence-electron chi connectivity index (χ4n) is 1.28. The van der Waals surface area contributed by atoms with Crippen LogP contribution in [0.1, 0.15) is 24.4 Å². The van der Waals surface area contributed by atoms with Crippen molar-refractivity contribution < 1.29 is 5.11 Å². The van der Waals surface area contributed by atoms with Crippen molar-refractivity contribution in [2.45, 2.75) is 18.9 Å². The van der Waals surface area contributed by atoms with E-state index in [0.29, 0.717) is 4.47 Å². The molecule has 1 aromatic rings. The third-order valence-corrected chi connectivity index (χ3v) is 2.74. The van der Waals surface area contributed by atoms with Gasteiger partial charge in [-0.05, 0) is 34.8 Å². The SMILES string of the molecule is C=CCC[C@@H](N)c1cccc(Br)c1O.Cl. The molecule has 4 heteroatoms. The van der Waals surface area contributed by atoms with Crippen molar-refractivity contribution in [3.8, 4) is 5.75 Å². The normalized spacial score (nSPS) is 11.6. The van der Waals surface area contributed by atoms with E-state index in [0.717, 1.165) is 18.4 Å². The molecule has 1 rings (SSSR count). The minimum Gasteiger partial charge on any atom is -0.506 e. The summed E-state index contributed by atoms with van der Waals surface area (Å²) in [5.74, 6) is 0.240. The molecule has 0 saturated heterocycles. The Kier molecular flexibility index (Phi) is 6.65. The first-order chi connectivity index (χ1) is 6.66. The van der Waals surface area contributed by atoms with Gasteiger partial charge in [-0.2, -0.15) is 0 Å². The maximum atomic E-state index is 9.71. The molecule has 0 aromatic heterocycles. The van der Waals surface area contributed by atoms with Gasteiger partial charge >= 0.3 is 0 Å². The van der Waals surface area contributed by atoms with E-state index < -0.39 is 0 Å². The van der Waals surface area contributed by atoms with Crippen LogP contribution in [-0.2, 0) is 0 Å². The molecular formula is C11H15BrClNO. The topological polar surface area (TPSA) is 46.2 Å². The quantitative estimate of drug-likeness (QED) is 0.834. The van der Waals surface area contributed by atoms with Crippen LogP contribution in [0.4, 0.5) is 0 Å². The van der Waals surface area contributed by atoms with Gasteiger partial charge < -0.3 is 10.8 Å². The minimum atomic E-state index is -0.134. The van der Waals surface area contributed by atoms with Crippen LogP contribution in [0.5, 0.6) is 5.75 Å². The lowest BCUT2D eigenvalue weighted by molar-refractivity contribution is 0.455. The molecule has 2 nitrogen and oxygen atoms in total. The van der Waals surface area contributed by atoms with Crippen molar-refractivity contribution in [1.29, 1.82) is 0 Å². The number of para-hydroxylation sites is 1. The Morgan fingerprint density at radius 1 is 1.53 bits per heavy atom. The number of rotatable bonds is 4. The number of phenols is 1. The average Bonchev–Trinajstić information content (AvgIpc) is 2.18. The fraction of sp³-hybridized carbons (Fsp3) is 0.273. The van der Waals surface area contributed by atoms with Gasteiger partial charge in [0.05, 0.1) is 4.47 Å². The second-order valence-electron chi connectivity index (χ2n) is 3.15. The lowest BCUT2D eigenvalue weighted by atomic mass is 10.0. The van der Waals surface area contributed by atoms with Crippen molar-refractivity contribution in [3.05, 3.63) is 40.9 Å². The molecule has 0 aliphatic heterocycles. The summed E-state index contributed by atoms with van der Waals surface area (Å²) in [4.78, 5) is 0. The smallest absolute Gasteiger partial charge is 0.134 e. The number of allylic oxidation sites excluding steroid dienone is 1. The van der Waals surface area contributed by atoms with Gasteiger partial charge in [-0.1, -0.05) is 18.2 Å². The first kappa shape index (κ1) is 14.5. The maximum absolute atomic E-state index is 9.71. The van der Waals surface area contributed by atoms with Crippen LogP contribution in [0, 0.1) is 0 Å². The Morgan fingerprint density at radius 2 is 2.20 bits per heavy atom. The molecule has 0 fully saturated rings. The van der Waals surface area contributed by atoms with E-state index in [2.05, 4.69) is 22.5 Å². The second-order valence-corrected chi connectivity index (χ2v) is 4.00. The van der Waals surface area contributed by atoms with Crippen molar-refractivity contribution >= 4 is 28.3 Å². The van der Waals surface area contributed by atoms with E-state index in [1.165, 1.54) is 0 Å². The van der Waals surface area contributed by atoms with E-state index in [1.807, 2.05) is 18.2 Å². The molecular weight excluding hydrogens is 277 g/mol. The highest BCUT2D eigenvalue weighted by atomic mass is 79.9. The summed E-state index contributed by atoms with van der Waals surface area (Å²) < 4.78 is 0.684. The van der Waals surface area contributed by atoms with Crippen LogP contribution >= 0.6 is 28.3 Å². The Morgan fingerprint density at radius 3 is 2.80 bits per heavy atom. The summed E-state index contributed by atoms with van der Waals surface area (Å²) in [5, 5.41) is 9.71. The lowest BCUT2D eigenvalue weighted by Crippen LogP contribution is -2.09. The van der Waals surface area contributed by atoms with Crippen molar-refractivity contribution in [2.75, 3.05) is 0 Å². The molecule has 0 unspecified atom stereocenters. The Labute approximate surface area is 105 Å². The number of hydrogen-bond donors (Lipinski definition) is 2. The molecule has 0 aliphatic rings. The number of benzene rings is 1. The standard InChI is InChI=1S/C11H14BrNO.ClH/c1-2-3-7-10(13)8-5-4-6-9(12)11(8)14;/h2,4-6,10,14H,1,3,7,13H2;1H/t10-;/m1./s1. The Balaban J connectivity index is 0.00000196. The van der Waals surface area contributed by atoms with Crippen LogP contribution in [0.15, 0.2) is 35.3 Å². The highest BCUT2D eigenvalue weighted by Gasteiger charge is 2.11. The zero-order chi connectivity index (χ0) is 10.6. The van der Waals surface area contributed by atoms with E-state index in [-0.39, 0.29) is 24.2 Å². The van der Waals surface area contributed by atoms with E-state index in [1.54, 1.807) is 6.07 Å². The highest BCUT2D eigenvalue weighted by Crippen LogP contribution is 2.32. The molecule has 0 saturated carbocycles. The zero-order valence-electron chi connectivity index (χ0n) is 8.32. The van der Waals surface area contributed by atoms with Gasteiger partial charge in [-0.25, -0.2) is 0 Å². The molecule has 0 spiro atoms. The lowest BCUT2D eigenvalue weighted by Gasteiger charge is -2.13. The monoisotopic (exact) mass is 291 g/mol. The second kappa shape index (κ2) is 6.88.